The molecule has 0 bridgehead atoms. The average molecular weight is 401 g/mol. The van der Waals surface area contributed by atoms with Crippen molar-refractivity contribution in [3.05, 3.63) is 63.4 Å². The third-order valence-corrected chi connectivity index (χ3v) is 5.14. The predicted octanol–water partition coefficient (Wildman–Crippen LogP) is 3.71. The zero-order valence-corrected chi connectivity index (χ0v) is 16.6. The molecule has 0 saturated carbocycles. The largest absolute Gasteiger partial charge is 0.322 e. The molecule has 5 nitrogen and oxygen atoms in total. The Morgan fingerprint density at radius 1 is 1.43 bits per heavy atom. The lowest BCUT2D eigenvalue weighted by molar-refractivity contribution is 0.102. The number of benzene rings is 2. The van der Waals surface area contributed by atoms with Gasteiger partial charge in [-0.25, -0.2) is 4.39 Å². The van der Waals surface area contributed by atoms with Gasteiger partial charge < -0.3 is 10.6 Å². The van der Waals surface area contributed by atoms with Crippen LogP contribution in [0.2, 0.25) is 5.02 Å². The summed E-state index contributed by atoms with van der Waals surface area (Å²) in [6.07, 6.45) is 0. The summed E-state index contributed by atoms with van der Waals surface area (Å²) < 4.78 is 13.5. The van der Waals surface area contributed by atoms with Gasteiger partial charge in [0.05, 0.1) is 5.56 Å². The molecule has 146 valence electrons. The number of piperazine rings is 1. The third-order valence-electron chi connectivity index (χ3n) is 4.92. The van der Waals surface area contributed by atoms with Crippen LogP contribution < -0.4 is 10.6 Å². The normalized spacial score (nSPS) is 17.2. The topological polar surface area (TPSA) is 68.2 Å². The van der Waals surface area contributed by atoms with Gasteiger partial charge in [0.15, 0.2) is 0 Å². The van der Waals surface area contributed by atoms with Gasteiger partial charge in [-0.05, 0) is 55.3 Å². The quantitative estimate of drug-likeness (QED) is 0.821. The Balaban J connectivity index is 1.81. The molecule has 1 heterocycles. The van der Waals surface area contributed by atoms with Crippen LogP contribution in [0.25, 0.3) is 0 Å². The monoisotopic (exact) mass is 400 g/mol. The minimum atomic E-state index is -0.648. The van der Waals surface area contributed by atoms with E-state index in [1.165, 1.54) is 12.1 Å². The lowest BCUT2D eigenvalue weighted by Crippen LogP contribution is -2.48. The van der Waals surface area contributed by atoms with Crippen LogP contribution in [0.3, 0.4) is 0 Å². The first-order valence-electron chi connectivity index (χ1n) is 9.13. The summed E-state index contributed by atoms with van der Waals surface area (Å²) in [5, 5.41) is 15.8. The number of carbonyl (C=O) groups is 1. The number of hydrogen-bond acceptors (Lipinski definition) is 4. The highest BCUT2D eigenvalue weighted by Crippen LogP contribution is 2.27. The first kappa shape index (κ1) is 20.3. The molecule has 1 aliphatic rings. The van der Waals surface area contributed by atoms with Crippen molar-refractivity contribution in [2.75, 3.05) is 25.0 Å². The minimum absolute atomic E-state index is 0.163. The second-order valence-corrected chi connectivity index (χ2v) is 7.52. The predicted molar refractivity (Wildman–Crippen MR) is 108 cm³/mol. The molecule has 1 fully saturated rings. The van der Waals surface area contributed by atoms with Crippen molar-refractivity contribution in [1.82, 2.24) is 10.2 Å². The molecule has 0 radical (unpaired) electrons. The minimum Gasteiger partial charge on any atom is -0.322 e. The molecule has 0 spiro atoms. The van der Waals surface area contributed by atoms with E-state index in [1.54, 1.807) is 12.1 Å². The summed E-state index contributed by atoms with van der Waals surface area (Å²) >= 11 is 6.29. The van der Waals surface area contributed by atoms with Crippen LogP contribution in [0.15, 0.2) is 30.3 Å². The number of anilines is 1. The summed E-state index contributed by atoms with van der Waals surface area (Å²) in [4.78, 5) is 14.9. The van der Waals surface area contributed by atoms with E-state index in [2.05, 4.69) is 22.5 Å². The highest BCUT2D eigenvalue weighted by Gasteiger charge is 2.18. The van der Waals surface area contributed by atoms with E-state index in [4.69, 9.17) is 16.9 Å². The van der Waals surface area contributed by atoms with Crippen LogP contribution >= 0.6 is 11.6 Å². The van der Waals surface area contributed by atoms with Crippen LogP contribution in [0, 0.1) is 24.1 Å². The van der Waals surface area contributed by atoms with Crippen molar-refractivity contribution in [2.24, 2.45) is 0 Å². The van der Waals surface area contributed by atoms with Crippen molar-refractivity contribution in [1.29, 1.82) is 5.26 Å². The molecule has 0 aromatic heterocycles. The Hall–Kier alpha value is -2.46. The van der Waals surface area contributed by atoms with Crippen LogP contribution in [0.5, 0.6) is 0 Å². The molecule has 1 amide bonds. The summed E-state index contributed by atoms with van der Waals surface area (Å²) in [5.41, 5.74) is 2.65. The van der Waals surface area contributed by atoms with Crippen molar-refractivity contribution >= 4 is 23.2 Å². The highest BCUT2D eigenvalue weighted by atomic mass is 35.5. The number of nitrogens with zero attached hydrogens (tertiary/aromatic N) is 2. The molecular weight excluding hydrogens is 379 g/mol. The standard InChI is InChI=1S/C21H22ClFN4O/c1-13-11-27(6-5-25-13)12-17-8-18(22)9-20(14(17)2)26-21(28)15-3-4-19(23)16(7-15)10-24/h3-4,7-9,13,25H,5-6,11-12H2,1-2H3,(H,26,28)/t13-/m0/s1. The first-order chi connectivity index (χ1) is 13.4. The van der Waals surface area contributed by atoms with Crippen LogP contribution in [-0.4, -0.2) is 36.5 Å². The number of rotatable bonds is 4. The second kappa shape index (κ2) is 8.70. The maximum atomic E-state index is 13.5. The average Bonchev–Trinajstić information content (AvgIpc) is 2.65. The van der Waals surface area contributed by atoms with E-state index >= 15 is 0 Å². The van der Waals surface area contributed by atoms with E-state index in [9.17, 15) is 9.18 Å². The zero-order chi connectivity index (χ0) is 20.3. The number of halogens is 2. The lowest BCUT2D eigenvalue weighted by atomic mass is 10.0. The highest BCUT2D eigenvalue weighted by molar-refractivity contribution is 6.31. The summed E-state index contributed by atoms with van der Waals surface area (Å²) in [6.45, 7) is 7.68. The second-order valence-electron chi connectivity index (χ2n) is 7.09. The molecule has 0 aliphatic carbocycles. The van der Waals surface area contributed by atoms with Crippen molar-refractivity contribution in [3.8, 4) is 6.07 Å². The number of nitrogens with one attached hydrogen (secondary N) is 2. The molecule has 2 aromatic carbocycles. The number of carbonyl (C=O) groups excluding carboxylic acids is 1. The SMILES string of the molecule is Cc1c(CN2CCN[C@@H](C)C2)cc(Cl)cc1NC(=O)c1ccc(F)c(C#N)c1. The molecule has 1 atom stereocenters. The van der Waals surface area contributed by atoms with Gasteiger partial charge in [0.25, 0.3) is 5.91 Å². The number of amides is 1. The number of hydrogen-bond donors (Lipinski definition) is 2. The van der Waals surface area contributed by atoms with E-state index in [0.29, 0.717) is 16.8 Å². The maximum Gasteiger partial charge on any atom is 0.255 e. The molecule has 2 N–H and O–H groups in total. The molecule has 0 unspecified atom stereocenters. The molecule has 2 aromatic rings. The van der Waals surface area contributed by atoms with Crippen LogP contribution in [-0.2, 0) is 6.54 Å². The Morgan fingerprint density at radius 2 is 2.21 bits per heavy atom. The smallest absolute Gasteiger partial charge is 0.255 e. The van der Waals surface area contributed by atoms with Gasteiger partial charge in [-0.1, -0.05) is 11.6 Å². The Kier molecular flexibility index (Phi) is 6.30. The number of nitriles is 1. The molecular formula is C21H22ClFN4O. The van der Waals surface area contributed by atoms with Gasteiger partial charge in [-0.15, -0.1) is 0 Å². The van der Waals surface area contributed by atoms with Gasteiger partial charge in [0.2, 0.25) is 0 Å². The van der Waals surface area contributed by atoms with Gasteiger partial charge >= 0.3 is 0 Å². The molecule has 7 heteroatoms. The van der Waals surface area contributed by atoms with E-state index < -0.39 is 11.7 Å². The molecule has 1 saturated heterocycles. The lowest BCUT2D eigenvalue weighted by Gasteiger charge is -2.32. The van der Waals surface area contributed by atoms with Gasteiger partial charge in [0.1, 0.15) is 11.9 Å². The van der Waals surface area contributed by atoms with Crippen molar-refractivity contribution < 1.29 is 9.18 Å². The van der Waals surface area contributed by atoms with Gasteiger partial charge in [0, 0.05) is 48.5 Å². The van der Waals surface area contributed by atoms with Crippen molar-refractivity contribution in [3.63, 3.8) is 0 Å². The Labute approximate surface area is 169 Å². The van der Waals surface area contributed by atoms with E-state index in [0.717, 1.165) is 43.4 Å². The van der Waals surface area contributed by atoms with E-state index in [-0.39, 0.29) is 11.1 Å². The fraction of sp³-hybridized carbons (Fsp3) is 0.333. The van der Waals surface area contributed by atoms with Gasteiger partial charge in [-0.3, -0.25) is 9.69 Å². The summed E-state index contributed by atoms with van der Waals surface area (Å²) in [7, 11) is 0. The molecule has 1 aliphatic heterocycles. The zero-order valence-electron chi connectivity index (χ0n) is 15.9. The first-order valence-corrected chi connectivity index (χ1v) is 9.51. The summed E-state index contributed by atoms with van der Waals surface area (Å²) in [6, 6.07) is 9.52. The fourth-order valence-corrected chi connectivity index (χ4v) is 3.61. The van der Waals surface area contributed by atoms with Crippen LogP contribution in [0.1, 0.15) is 34.0 Å². The van der Waals surface area contributed by atoms with E-state index in [1.807, 2.05) is 13.0 Å². The van der Waals surface area contributed by atoms with Crippen LogP contribution in [0.4, 0.5) is 10.1 Å². The third kappa shape index (κ3) is 4.68. The van der Waals surface area contributed by atoms with Gasteiger partial charge in [-0.2, -0.15) is 5.26 Å². The maximum absolute atomic E-state index is 13.5. The Morgan fingerprint density at radius 3 is 2.93 bits per heavy atom. The molecule has 3 rings (SSSR count). The van der Waals surface area contributed by atoms with Crippen molar-refractivity contribution in [2.45, 2.75) is 26.4 Å². The summed E-state index contributed by atoms with van der Waals surface area (Å²) in [5.74, 6) is -1.06. The Bertz CT molecular complexity index is 941. The molecule has 28 heavy (non-hydrogen) atoms. The fourth-order valence-electron chi connectivity index (χ4n) is 3.37.